The molecule has 0 aliphatic carbocycles. The first kappa shape index (κ1) is 30.4. The Kier molecular flexibility index (Phi) is 12.3. The minimum atomic E-state index is -4.52. The van der Waals surface area contributed by atoms with Crippen molar-refractivity contribution in [3.8, 4) is 0 Å². The molecule has 0 bridgehead atoms. The monoisotopic (exact) mass is 577 g/mol. The first-order chi connectivity index (χ1) is 14.6. The fourth-order valence-electron chi connectivity index (χ4n) is 2.71. The molecule has 0 radical (unpaired) electrons. The van der Waals surface area contributed by atoms with E-state index >= 15 is 0 Å². The quantitative estimate of drug-likeness (QED) is 0.290. The Bertz CT molecular complexity index is 1160. The van der Waals surface area contributed by atoms with Crippen LogP contribution in [0.15, 0.2) is 68.7 Å². The molecule has 1 atom stereocenters. The van der Waals surface area contributed by atoms with Crippen LogP contribution in [-0.4, -0.2) is 43.1 Å². The second-order valence-corrected chi connectivity index (χ2v) is 12.8. The van der Waals surface area contributed by atoms with Gasteiger partial charge in [0.05, 0.1) is 24.8 Å². The molecule has 0 fully saturated rings. The van der Waals surface area contributed by atoms with Crippen LogP contribution in [0, 0.1) is 0 Å². The molecule has 0 saturated heterocycles. The topological polar surface area (TPSA) is 121 Å². The molecular formula is C17H18KN2O6S6-. The SMILES string of the molecule is C=C.C=C.O=S(=O)([O-])CN1C(=CC2Sc3sccc3N2CS(=O)(=O)[O-])Sc2sccc21.[K+]. The Morgan fingerprint density at radius 3 is 2.00 bits per heavy atom. The van der Waals surface area contributed by atoms with Gasteiger partial charge in [-0.3, -0.25) is 0 Å². The fourth-order valence-corrected chi connectivity index (χ4v) is 8.73. The van der Waals surface area contributed by atoms with E-state index in [-0.39, 0.29) is 51.4 Å². The summed E-state index contributed by atoms with van der Waals surface area (Å²) in [6.07, 6.45) is 1.70. The molecule has 32 heavy (non-hydrogen) atoms. The number of thioether (sulfide) groups is 2. The number of nitrogens with zero attached hydrogens (tertiary/aromatic N) is 2. The molecule has 0 N–H and O–H groups in total. The van der Waals surface area contributed by atoms with Crippen molar-refractivity contribution in [1.29, 1.82) is 0 Å². The molecule has 2 aromatic heterocycles. The summed E-state index contributed by atoms with van der Waals surface area (Å²) in [6, 6.07) is 3.48. The van der Waals surface area contributed by atoms with Crippen molar-refractivity contribution in [2.75, 3.05) is 21.6 Å². The van der Waals surface area contributed by atoms with Crippen LogP contribution in [0.1, 0.15) is 0 Å². The van der Waals surface area contributed by atoms with Gasteiger partial charge < -0.3 is 18.9 Å². The zero-order valence-corrected chi connectivity index (χ0v) is 25.0. The minimum absolute atomic E-state index is 0. The maximum absolute atomic E-state index is 11.3. The molecule has 0 saturated carbocycles. The molecule has 2 aliphatic heterocycles. The summed E-state index contributed by atoms with van der Waals surface area (Å²) in [5.74, 6) is -1.40. The molecule has 2 aliphatic rings. The van der Waals surface area contributed by atoms with Gasteiger partial charge in [0.15, 0.2) is 0 Å². The number of rotatable bonds is 5. The minimum Gasteiger partial charge on any atom is -0.747 e. The van der Waals surface area contributed by atoms with Crippen LogP contribution in [0.25, 0.3) is 0 Å². The van der Waals surface area contributed by atoms with E-state index in [1.165, 1.54) is 56.0 Å². The second-order valence-electron chi connectivity index (χ2n) is 5.57. The molecule has 15 heteroatoms. The van der Waals surface area contributed by atoms with Crippen molar-refractivity contribution in [3.05, 3.63) is 60.3 Å². The Balaban J connectivity index is 0.000000971. The number of hydrogen-bond acceptors (Lipinski definition) is 12. The van der Waals surface area contributed by atoms with Gasteiger partial charge in [-0.1, -0.05) is 23.5 Å². The van der Waals surface area contributed by atoms with Gasteiger partial charge in [-0.15, -0.1) is 49.0 Å². The third-order valence-electron chi connectivity index (χ3n) is 3.69. The van der Waals surface area contributed by atoms with Crippen LogP contribution in [0.4, 0.5) is 11.4 Å². The average Bonchev–Trinajstić information content (AvgIpc) is 3.43. The van der Waals surface area contributed by atoms with E-state index in [1.54, 1.807) is 23.6 Å². The molecule has 0 amide bonds. The van der Waals surface area contributed by atoms with Crippen molar-refractivity contribution in [2.45, 2.75) is 13.8 Å². The summed E-state index contributed by atoms with van der Waals surface area (Å²) < 4.78 is 69.7. The predicted molar refractivity (Wildman–Crippen MR) is 129 cm³/mol. The standard InChI is InChI=1S/C13H12N2O6S6.2C2H4.K/c16-26(17,18)6-14-8-1-3-22-12(8)24-10(14)5-11-15(7-27(19,20)21)9-2-4-23-13(9)25-11;2*1-2;/h1-5,10H,6-7H2,(H,16,17,18)(H,19,20,21);2*1-2H2;/q;;;+1/p-2. The molecular weight excluding hydrogens is 560 g/mol. The van der Waals surface area contributed by atoms with Gasteiger partial charge in [0, 0.05) is 0 Å². The average molecular weight is 578 g/mol. The maximum atomic E-state index is 11.3. The normalized spacial score (nSPS) is 18.1. The Morgan fingerprint density at radius 2 is 1.44 bits per heavy atom. The Hall–Kier alpha value is 0.376. The summed E-state index contributed by atoms with van der Waals surface area (Å²) in [6.45, 7) is 12.0. The van der Waals surface area contributed by atoms with E-state index in [9.17, 15) is 25.9 Å². The molecule has 2 aromatic rings. The van der Waals surface area contributed by atoms with Gasteiger partial charge in [0.2, 0.25) is 0 Å². The van der Waals surface area contributed by atoms with Crippen LogP contribution in [0.2, 0.25) is 0 Å². The van der Waals surface area contributed by atoms with E-state index in [2.05, 4.69) is 26.3 Å². The molecule has 8 nitrogen and oxygen atoms in total. The Labute approximate surface area is 247 Å². The summed E-state index contributed by atoms with van der Waals surface area (Å²) in [4.78, 5) is 2.89. The van der Waals surface area contributed by atoms with Gasteiger partial charge in [0.1, 0.15) is 37.4 Å². The molecule has 0 spiro atoms. The van der Waals surface area contributed by atoms with E-state index < -0.39 is 37.4 Å². The van der Waals surface area contributed by atoms with Crippen molar-refractivity contribution in [2.24, 2.45) is 0 Å². The van der Waals surface area contributed by atoms with Crippen LogP contribution >= 0.6 is 46.2 Å². The fraction of sp³-hybridized carbons (Fsp3) is 0.176. The summed E-state index contributed by atoms with van der Waals surface area (Å²) in [7, 11) is -9.02. The first-order valence-corrected chi connectivity index (χ1v) is 14.8. The summed E-state index contributed by atoms with van der Waals surface area (Å²) in [5.41, 5.74) is 1.29. The zero-order chi connectivity index (χ0) is 23.4. The van der Waals surface area contributed by atoms with Crippen LogP contribution in [0.3, 0.4) is 0 Å². The number of fused-ring (bicyclic) bond motifs is 2. The van der Waals surface area contributed by atoms with Gasteiger partial charge in [0.25, 0.3) is 0 Å². The van der Waals surface area contributed by atoms with Crippen molar-refractivity contribution < 1.29 is 77.3 Å². The number of anilines is 2. The first-order valence-electron chi connectivity index (χ1n) is 8.23. The molecule has 1 unspecified atom stereocenters. The van der Waals surface area contributed by atoms with Crippen molar-refractivity contribution >= 4 is 77.8 Å². The van der Waals surface area contributed by atoms with Crippen LogP contribution < -0.4 is 61.2 Å². The Morgan fingerprint density at radius 1 is 0.906 bits per heavy atom. The largest absolute Gasteiger partial charge is 1.00 e. The molecule has 4 heterocycles. The molecule has 170 valence electrons. The summed E-state index contributed by atoms with van der Waals surface area (Å²) >= 11 is 5.56. The third-order valence-corrected chi connectivity index (χ3v) is 9.38. The van der Waals surface area contributed by atoms with E-state index in [0.717, 1.165) is 8.42 Å². The molecule has 4 rings (SSSR count). The second kappa shape index (κ2) is 12.9. The third kappa shape index (κ3) is 7.69. The van der Waals surface area contributed by atoms with Crippen molar-refractivity contribution in [1.82, 2.24) is 0 Å². The summed E-state index contributed by atoms with van der Waals surface area (Å²) in [5, 5.41) is 3.64. The van der Waals surface area contributed by atoms with E-state index in [1.807, 2.05) is 5.38 Å². The maximum Gasteiger partial charge on any atom is 1.00 e. The van der Waals surface area contributed by atoms with Gasteiger partial charge in [-0.05, 0) is 29.0 Å². The number of thiophene rings is 2. The van der Waals surface area contributed by atoms with Gasteiger partial charge >= 0.3 is 51.4 Å². The van der Waals surface area contributed by atoms with Crippen molar-refractivity contribution in [3.63, 3.8) is 0 Å². The van der Waals surface area contributed by atoms with E-state index in [0.29, 0.717) is 16.4 Å². The number of hydrogen-bond donors (Lipinski definition) is 0. The van der Waals surface area contributed by atoms with Crippen LogP contribution in [0.5, 0.6) is 0 Å². The van der Waals surface area contributed by atoms with Gasteiger partial charge in [-0.25, -0.2) is 16.8 Å². The zero-order valence-electron chi connectivity index (χ0n) is 17.0. The predicted octanol–water partition coefficient (Wildman–Crippen LogP) is 1.12. The van der Waals surface area contributed by atoms with Gasteiger partial charge in [-0.2, -0.15) is 0 Å². The smallest absolute Gasteiger partial charge is 0.747 e. The van der Waals surface area contributed by atoms with E-state index in [4.69, 9.17) is 0 Å². The molecule has 0 aromatic carbocycles. The van der Waals surface area contributed by atoms with Crippen LogP contribution in [-0.2, 0) is 20.2 Å².